The molecule has 0 saturated heterocycles. The molecular formula is C16H14FNO5S. The Morgan fingerprint density at radius 1 is 1.21 bits per heavy atom. The Hall–Kier alpha value is -2.74. The van der Waals surface area contributed by atoms with Gasteiger partial charge in [0.2, 0.25) is 0 Å². The number of ether oxygens (including phenoxy) is 1. The monoisotopic (exact) mass is 351 g/mol. The van der Waals surface area contributed by atoms with E-state index in [0.717, 1.165) is 5.41 Å². The van der Waals surface area contributed by atoms with Gasteiger partial charge in [-0.15, -0.1) is 0 Å². The van der Waals surface area contributed by atoms with Gasteiger partial charge in [-0.3, -0.25) is 10.1 Å². The largest absolute Gasteiger partial charge is 0.496 e. The lowest BCUT2D eigenvalue weighted by atomic mass is 10.2. The molecule has 0 N–H and O–H groups in total. The van der Waals surface area contributed by atoms with Crippen molar-refractivity contribution < 1.29 is 22.5 Å². The Labute approximate surface area is 138 Å². The maximum absolute atomic E-state index is 12.8. The highest BCUT2D eigenvalue weighted by Gasteiger charge is 2.16. The number of nitro groups is 1. The summed E-state index contributed by atoms with van der Waals surface area (Å²) < 4.78 is 42.3. The predicted molar refractivity (Wildman–Crippen MR) is 87.7 cm³/mol. The summed E-state index contributed by atoms with van der Waals surface area (Å²) in [5.74, 6) is -0.620. The van der Waals surface area contributed by atoms with Crippen molar-refractivity contribution >= 4 is 21.6 Å². The summed E-state index contributed by atoms with van der Waals surface area (Å²) >= 11 is 0. The fraction of sp³-hybridized carbons (Fsp3) is 0.125. The molecule has 6 nitrogen and oxygen atoms in total. The second-order valence-electron chi connectivity index (χ2n) is 4.91. The molecule has 0 bridgehead atoms. The Morgan fingerprint density at radius 2 is 1.88 bits per heavy atom. The molecule has 8 heteroatoms. The van der Waals surface area contributed by atoms with Crippen LogP contribution in [0.25, 0.3) is 6.08 Å². The number of benzene rings is 2. The predicted octanol–water partition coefficient (Wildman–Crippen LogP) is 3.33. The molecule has 0 unspecified atom stereocenters. The van der Waals surface area contributed by atoms with E-state index in [9.17, 15) is 22.9 Å². The number of methoxy groups -OCH3 is 1. The van der Waals surface area contributed by atoms with Crippen molar-refractivity contribution in [2.45, 2.75) is 5.75 Å². The number of halogens is 1. The highest BCUT2D eigenvalue weighted by molar-refractivity contribution is 7.93. The van der Waals surface area contributed by atoms with Gasteiger partial charge in [0, 0.05) is 23.1 Å². The fourth-order valence-corrected chi connectivity index (χ4v) is 3.13. The van der Waals surface area contributed by atoms with Gasteiger partial charge >= 0.3 is 0 Å². The van der Waals surface area contributed by atoms with E-state index in [1.165, 1.54) is 55.7 Å². The Kier molecular flexibility index (Phi) is 5.30. The van der Waals surface area contributed by atoms with E-state index in [1.807, 2.05) is 0 Å². The van der Waals surface area contributed by atoms with E-state index in [-0.39, 0.29) is 17.0 Å². The zero-order valence-corrected chi connectivity index (χ0v) is 13.5. The number of hydrogen-bond acceptors (Lipinski definition) is 5. The number of sulfone groups is 1. The molecule has 2 aromatic rings. The topological polar surface area (TPSA) is 86.5 Å². The first-order valence-electron chi connectivity index (χ1n) is 6.78. The highest BCUT2D eigenvalue weighted by Crippen LogP contribution is 2.26. The van der Waals surface area contributed by atoms with E-state index >= 15 is 0 Å². The molecule has 0 radical (unpaired) electrons. The third-order valence-electron chi connectivity index (χ3n) is 3.17. The summed E-state index contributed by atoms with van der Waals surface area (Å²) in [5.41, 5.74) is 0.491. The van der Waals surface area contributed by atoms with E-state index in [2.05, 4.69) is 0 Å². The van der Waals surface area contributed by atoms with Crippen molar-refractivity contribution in [1.29, 1.82) is 0 Å². The summed E-state index contributed by atoms with van der Waals surface area (Å²) in [4.78, 5) is 10.2. The van der Waals surface area contributed by atoms with Gasteiger partial charge < -0.3 is 4.74 Å². The lowest BCUT2D eigenvalue weighted by molar-refractivity contribution is -0.384. The van der Waals surface area contributed by atoms with Crippen LogP contribution in [0.4, 0.5) is 10.1 Å². The number of nitrogens with zero attached hydrogens (tertiary/aromatic N) is 1. The van der Waals surface area contributed by atoms with Gasteiger partial charge in [-0.1, -0.05) is 12.1 Å². The molecule has 0 aliphatic heterocycles. The molecule has 126 valence electrons. The molecule has 0 aliphatic carbocycles. The van der Waals surface area contributed by atoms with Gasteiger partial charge in [-0.05, 0) is 29.8 Å². The van der Waals surface area contributed by atoms with Gasteiger partial charge in [-0.25, -0.2) is 12.8 Å². The smallest absolute Gasteiger partial charge is 0.270 e. The summed E-state index contributed by atoms with van der Waals surface area (Å²) in [6.07, 6.45) is 1.33. The van der Waals surface area contributed by atoms with Crippen LogP contribution in [-0.2, 0) is 15.6 Å². The first-order valence-corrected chi connectivity index (χ1v) is 8.50. The maximum Gasteiger partial charge on any atom is 0.270 e. The van der Waals surface area contributed by atoms with E-state index < -0.39 is 26.3 Å². The van der Waals surface area contributed by atoms with Crippen LogP contribution >= 0.6 is 0 Å². The van der Waals surface area contributed by atoms with Crippen LogP contribution in [0.2, 0.25) is 0 Å². The second-order valence-corrected chi connectivity index (χ2v) is 6.80. The van der Waals surface area contributed by atoms with E-state index in [0.29, 0.717) is 5.56 Å². The summed E-state index contributed by atoms with van der Waals surface area (Å²) in [5, 5.41) is 11.8. The lowest BCUT2D eigenvalue weighted by Gasteiger charge is -2.07. The minimum absolute atomic E-state index is 0.190. The summed E-state index contributed by atoms with van der Waals surface area (Å²) in [6.45, 7) is 0. The number of hydrogen-bond donors (Lipinski definition) is 0. The van der Waals surface area contributed by atoms with Crippen LogP contribution < -0.4 is 4.74 Å². The van der Waals surface area contributed by atoms with E-state index in [1.54, 1.807) is 0 Å². The van der Waals surface area contributed by atoms with Crippen molar-refractivity contribution in [3.8, 4) is 5.75 Å². The summed E-state index contributed by atoms with van der Waals surface area (Å²) in [7, 11) is -2.34. The lowest BCUT2D eigenvalue weighted by Crippen LogP contribution is -2.03. The van der Waals surface area contributed by atoms with Crippen LogP contribution in [0.5, 0.6) is 5.75 Å². The SMILES string of the molecule is COc1ccc([N+](=O)[O-])cc1CS(=O)(=O)C=Cc1ccc(F)cc1. The molecule has 0 heterocycles. The number of nitro benzene ring substituents is 1. The van der Waals surface area contributed by atoms with Crippen LogP contribution in [-0.4, -0.2) is 20.5 Å². The molecule has 0 aliphatic rings. The average Bonchev–Trinajstić information content (AvgIpc) is 2.54. The van der Waals surface area contributed by atoms with Crippen molar-refractivity contribution in [3.05, 3.63) is 74.9 Å². The first kappa shape index (κ1) is 17.6. The van der Waals surface area contributed by atoms with Crippen LogP contribution in [0.3, 0.4) is 0 Å². The van der Waals surface area contributed by atoms with E-state index in [4.69, 9.17) is 4.74 Å². The molecule has 2 aromatic carbocycles. The van der Waals surface area contributed by atoms with Crippen LogP contribution in [0.1, 0.15) is 11.1 Å². The molecule has 0 saturated carbocycles. The Balaban J connectivity index is 2.26. The minimum atomic E-state index is -3.69. The standard InChI is InChI=1S/C16H14FNO5S/c1-23-16-7-6-15(18(19)20)10-13(16)11-24(21,22)9-8-12-2-4-14(17)5-3-12/h2-10H,11H2,1H3. The molecule has 0 spiro atoms. The zero-order valence-electron chi connectivity index (χ0n) is 12.7. The van der Waals surface area contributed by atoms with Crippen molar-refractivity contribution in [2.24, 2.45) is 0 Å². The molecule has 0 aromatic heterocycles. The van der Waals surface area contributed by atoms with Crippen LogP contribution in [0, 0.1) is 15.9 Å². The third-order valence-corrected chi connectivity index (χ3v) is 4.43. The minimum Gasteiger partial charge on any atom is -0.496 e. The quantitative estimate of drug-likeness (QED) is 0.588. The van der Waals surface area contributed by atoms with Gasteiger partial charge in [0.25, 0.3) is 5.69 Å². The average molecular weight is 351 g/mol. The molecule has 0 atom stereocenters. The van der Waals surface area contributed by atoms with Gasteiger partial charge in [0.05, 0.1) is 17.8 Å². The van der Waals surface area contributed by atoms with Crippen molar-refractivity contribution in [1.82, 2.24) is 0 Å². The maximum atomic E-state index is 12.8. The summed E-state index contributed by atoms with van der Waals surface area (Å²) in [6, 6.07) is 9.08. The normalized spacial score (nSPS) is 11.6. The zero-order chi connectivity index (χ0) is 17.7. The van der Waals surface area contributed by atoms with Crippen molar-refractivity contribution in [3.63, 3.8) is 0 Å². The Bertz CT molecular complexity index is 876. The van der Waals surface area contributed by atoms with Gasteiger partial charge in [-0.2, -0.15) is 0 Å². The van der Waals surface area contributed by atoms with Crippen LogP contribution in [0.15, 0.2) is 47.9 Å². The van der Waals surface area contributed by atoms with Crippen molar-refractivity contribution in [2.75, 3.05) is 7.11 Å². The first-order chi connectivity index (χ1) is 11.3. The third kappa shape index (κ3) is 4.63. The molecule has 0 fully saturated rings. The molecule has 0 amide bonds. The molecular weight excluding hydrogens is 337 g/mol. The Morgan fingerprint density at radius 3 is 2.46 bits per heavy atom. The van der Waals surface area contributed by atoms with Gasteiger partial charge in [0.15, 0.2) is 9.84 Å². The second kappa shape index (κ2) is 7.22. The number of non-ortho nitro benzene ring substituents is 1. The molecule has 2 rings (SSSR count). The molecule has 24 heavy (non-hydrogen) atoms. The van der Waals surface area contributed by atoms with Gasteiger partial charge in [0.1, 0.15) is 11.6 Å². The fourth-order valence-electron chi connectivity index (χ4n) is 2.01. The number of rotatable bonds is 6. The highest BCUT2D eigenvalue weighted by atomic mass is 32.2.